The summed E-state index contributed by atoms with van der Waals surface area (Å²) < 4.78 is 25.9. The number of rotatable bonds is 8. The van der Waals surface area contributed by atoms with Crippen LogP contribution >= 0.6 is 0 Å². The number of benzene rings is 1. The molecule has 1 saturated heterocycles. The number of piperidine rings is 1. The Labute approximate surface area is 154 Å². The van der Waals surface area contributed by atoms with Crippen LogP contribution in [0.5, 0.6) is 0 Å². The predicted molar refractivity (Wildman–Crippen MR) is 99.4 cm³/mol. The highest BCUT2D eigenvalue weighted by Gasteiger charge is 2.30. The first-order chi connectivity index (χ1) is 12.3. The van der Waals surface area contributed by atoms with Crippen LogP contribution in [0.3, 0.4) is 0 Å². The number of hydrogen-bond donors (Lipinski definition) is 2. The first-order valence-electron chi connectivity index (χ1n) is 8.91. The number of carbonyl (C=O) groups excluding carboxylic acids is 1. The fourth-order valence-corrected chi connectivity index (χ4v) is 4.71. The maximum absolute atomic E-state index is 12.4. The van der Waals surface area contributed by atoms with Crippen molar-refractivity contribution in [2.24, 2.45) is 5.92 Å². The second-order valence-electron chi connectivity index (χ2n) is 6.60. The van der Waals surface area contributed by atoms with Crippen molar-refractivity contribution in [3.8, 4) is 0 Å². The number of carbonyl (C=O) groups is 2. The third kappa shape index (κ3) is 5.81. The molecule has 8 heteroatoms. The molecule has 0 unspecified atom stereocenters. The van der Waals surface area contributed by atoms with E-state index >= 15 is 0 Å². The summed E-state index contributed by atoms with van der Waals surface area (Å²) in [5.41, 5.74) is 1.18. The van der Waals surface area contributed by atoms with Crippen molar-refractivity contribution in [1.29, 1.82) is 0 Å². The molecule has 1 aliphatic rings. The van der Waals surface area contributed by atoms with E-state index in [2.05, 4.69) is 5.32 Å². The summed E-state index contributed by atoms with van der Waals surface area (Å²) in [5.74, 6) is -1.15. The largest absolute Gasteiger partial charge is 0.481 e. The number of hydrogen-bond acceptors (Lipinski definition) is 4. The highest BCUT2D eigenvalue weighted by molar-refractivity contribution is 7.89. The zero-order valence-electron chi connectivity index (χ0n) is 15.0. The van der Waals surface area contributed by atoms with Gasteiger partial charge in [-0.15, -0.1) is 0 Å². The molecular weight excluding hydrogens is 356 g/mol. The monoisotopic (exact) mass is 382 g/mol. The van der Waals surface area contributed by atoms with Crippen molar-refractivity contribution < 1.29 is 23.1 Å². The first-order valence-corrected chi connectivity index (χ1v) is 10.5. The van der Waals surface area contributed by atoms with Crippen LogP contribution in [0.4, 0.5) is 5.69 Å². The van der Waals surface area contributed by atoms with Crippen molar-refractivity contribution >= 4 is 27.6 Å². The third-order valence-electron chi connectivity index (χ3n) is 4.52. The lowest BCUT2D eigenvalue weighted by Gasteiger charge is -2.30. The van der Waals surface area contributed by atoms with Gasteiger partial charge in [0.15, 0.2) is 0 Å². The lowest BCUT2D eigenvalue weighted by Crippen LogP contribution is -2.42. The Morgan fingerprint density at radius 1 is 1.27 bits per heavy atom. The second kappa shape index (κ2) is 9.14. The van der Waals surface area contributed by atoms with E-state index in [1.165, 1.54) is 4.31 Å². The molecule has 1 aromatic rings. The summed E-state index contributed by atoms with van der Waals surface area (Å²) in [4.78, 5) is 23.2. The quantitative estimate of drug-likeness (QED) is 0.716. The van der Waals surface area contributed by atoms with E-state index in [-0.39, 0.29) is 24.0 Å². The van der Waals surface area contributed by atoms with Crippen LogP contribution in [0.25, 0.3) is 0 Å². The van der Waals surface area contributed by atoms with Crippen molar-refractivity contribution in [3.63, 3.8) is 0 Å². The van der Waals surface area contributed by atoms with Crippen LogP contribution in [-0.2, 0) is 26.0 Å². The van der Waals surface area contributed by atoms with Crippen LogP contribution in [0, 0.1) is 5.92 Å². The summed E-state index contributed by atoms with van der Waals surface area (Å²) in [6, 6.07) is 6.77. The van der Waals surface area contributed by atoms with Gasteiger partial charge < -0.3 is 10.4 Å². The summed E-state index contributed by atoms with van der Waals surface area (Å²) in [6.07, 6.45) is 2.37. The molecule has 0 radical (unpaired) electrons. The molecule has 7 nitrogen and oxygen atoms in total. The van der Waals surface area contributed by atoms with Gasteiger partial charge in [-0.1, -0.05) is 25.5 Å². The van der Waals surface area contributed by atoms with Crippen molar-refractivity contribution in [2.45, 2.75) is 39.0 Å². The number of amides is 1. The smallest absolute Gasteiger partial charge is 0.307 e. The highest BCUT2D eigenvalue weighted by atomic mass is 32.2. The third-order valence-corrected chi connectivity index (χ3v) is 6.48. The summed E-state index contributed by atoms with van der Waals surface area (Å²) >= 11 is 0. The molecule has 0 aromatic heterocycles. The summed E-state index contributed by atoms with van der Waals surface area (Å²) in [5, 5.41) is 11.7. The molecule has 0 atom stereocenters. The van der Waals surface area contributed by atoms with Crippen LogP contribution in [0.2, 0.25) is 0 Å². The van der Waals surface area contributed by atoms with Crippen molar-refractivity contribution in [1.82, 2.24) is 4.31 Å². The molecule has 1 heterocycles. The molecule has 0 saturated carbocycles. The first kappa shape index (κ1) is 20.4. The molecular formula is C18H26N2O5S. The lowest BCUT2D eigenvalue weighted by molar-refractivity contribution is -0.136. The Morgan fingerprint density at radius 3 is 2.58 bits per heavy atom. The maximum Gasteiger partial charge on any atom is 0.307 e. The normalized spacial score (nSPS) is 16.3. The van der Waals surface area contributed by atoms with Crippen LogP contribution < -0.4 is 5.32 Å². The molecule has 1 amide bonds. The number of aliphatic carboxylic acids is 1. The zero-order valence-corrected chi connectivity index (χ0v) is 15.8. The number of carboxylic acids is 1. The number of nitrogens with zero attached hydrogens (tertiary/aromatic N) is 1. The predicted octanol–water partition coefficient (Wildman–Crippen LogP) is 2.09. The fourth-order valence-electron chi connectivity index (χ4n) is 3.03. The van der Waals surface area contributed by atoms with Gasteiger partial charge in [0, 0.05) is 24.7 Å². The van der Waals surface area contributed by atoms with Gasteiger partial charge in [-0.3, -0.25) is 9.59 Å². The minimum atomic E-state index is -3.22. The van der Waals surface area contributed by atoms with E-state index in [0.717, 1.165) is 6.42 Å². The molecule has 26 heavy (non-hydrogen) atoms. The second-order valence-corrected chi connectivity index (χ2v) is 8.69. The molecule has 0 aliphatic carbocycles. The van der Waals surface area contributed by atoms with Gasteiger partial charge in [-0.05, 0) is 37.0 Å². The van der Waals surface area contributed by atoms with Crippen LogP contribution in [-0.4, -0.2) is 48.5 Å². The molecule has 2 rings (SSSR count). The van der Waals surface area contributed by atoms with Gasteiger partial charge in [-0.25, -0.2) is 12.7 Å². The number of unbranched alkanes of at least 4 members (excludes halogenated alkanes) is 1. The molecule has 1 aliphatic heterocycles. The SMILES string of the molecule is CCCCS(=O)(=O)N1CCC(C(=O)Nc2cccc(CC(=O)O)c2)CC1. The van der Waals surface area contributed by atoms with Gasteiger partial charge in [0.25, 0.3) is 0 Å². The minimum absolute atomic E-state index is 0.0995. The standard InChI is InChI=1S/C18H26N2O5S/c1-2-3-11-26(24,25)20-9-7-15(8-10-20)18(23)19-16-6-4-5-14(12-16)13-17(21)22/h4-6,12,15H,2-3,7-11,13H2,1H3,(H,19,23)(H,21,22). The molecule has 2 N–H and O–H groups in total. The van der Waals surface area contributed by atoms with Crippen molar-refractivity contribution in [3.05, 3.63) is 29.8 Å². The summed E-state index contributed by atoms with van der Waals surface area (Å²) in [7, 11) is -3.22. The number of carboxylic acid groups (broad SMARTS) is 1. The molecule has 144 valence electrons. The van der Waals surface area contributed by atoms with Crippen LogP contribution in [0.15, 0.2) is 24.3 Å². The number of sulfonamides is 1. The Morgan fingerprint density at radius 2 is 1.96 bits per heavy atom. The highest BCUT2D eigenvalue weighted by Crippen LogP contribution is 2.22. The molecule has 1 fully saturated rings. The molecule has 0 bridgehead atoms. The van der Waals surface area contributed by atoms with E-state index in [4.69, 9.17) is 5.11 Å². The lowest BCUT2D eigenvalue weighted by atomic mass is 9.97. The Kier molecular flexibility index (Phi) is 7.16. The van der Waals surface area contributed by atoms with E-state index < -0.39 is 16.0 Å². The van der Waals surface area contributed by atoms with Gasteiger partial charge in [0.05, 0.1) is 12.2 Å². The van der Waals surface area contributed by atoms with Gasteiger partial charge in [0.2, 0.25) is 15.9 Å². The number of anilines is 1. The van der Waals surface area contributed by atoms with Gasteiger partial charge in [-0.2, -0.15) is 0 Å². The van der Waals surface area contributed by atoms with E-state index in [9.17, 15) is 18.0 Å². The minimum Gasteiger partial charge on any atom is -0.481 e. The van der Waals surface area contributed by atoms with Crippen molar-refractivity contribution in [2.75, 3.05) is 24.2 Å². The Hall–Kier alpha value is -1.93. The van der Waals surface area contributed by atoms with E-state index in [1.54, 1.807) is 24.3 Å². The summed E-state index contributed by atoms with van der Waals surface area (Å²) in [6.45, 7) is 2.68. The Balaban J connectivity index is 1.89. The average Bonchev–Trinajstić information content (AvgIpc) is 2.60. The number of nitrogens with one attached hydrogen (secondary N) is 1. The topological polar surface area (TPSA) is 104 Å². The molecule has 0 spiro atoms. The van der Waals surface area contributed by atoms with Gasteiger partial charge in [0.1, 0.15) is 0 Å². The van der Waals surface area contributed by atoms with E-state index in [1.807, 2.05) is 6.92 Å². The average molecular weight is 382 g/mol. The van der Waals surface area contributed by atoms with Crippen LogP contribution in [0.1, 0.15) is 38.2 Å². The maximum atomic E-state index is 12.4. The molecule has 1 aromatic carbocycles. The zero-order chi connectivity index (χ0) is 19.2. The Bertz CT molecular complexity index is 740. The van der Waals surface area contributed by atoms with Gasteiger partial charge >= 0.3 is 5.97 Å². The van der Waals surface area contributed by atoms with E-state index in [0.29, 0.717) is 43.6 Å². The fraction of sp³-hybridized carbons (Fsp3) is 0.556.